The molecular weight excluding hydrogens is 184 g/mol. The lowest BCUT2D eigenvalue weighted by molar-refractivity contribution is -0.268. The van der Waals surface area contributed by atoms with E-state index in [2.05, 4.69) is 0 Å². The second-order valence-corrected chi connectivity index (χ2v) is 3.74. The average molecular weight is 204 g/mol. The van der Waals surface area contributed by atoms with Gasteiger partial charge in [-0.25, -0.2) is 4.79 Å². The quantitative estimate of drug-likeness (QED) is 0.672. The Kier molecular flexibility index (Phi) is 5.08. The van der Waals surface area contributed by atoms with E-state index in [0.717, 1.165) is 0 Å². The van der Waals surface area contributed by atoms with Crippen LogP contribution in [0.1, 0.15) is 41.0 Å². The molecule has 0 aliphatic rings. The molecule has 0 spiro atoms. The molecule has 0 fully saturated rings. The van der Waals surface area contributed by atoms with Gasteiger partial charge in [0.1, 0.15) is 0 Å². The molecule has 0 unspecified atom stereocenters. The van der Waals surface area contributed by atoms with Gasteiger partial charge in [0.15, 0.2) is 0 Å². The fourth-order valence-electron chi connectivity index (χ4n) is 1.21. The second-order valence-electron chi connectivity index (χ2n) is 3.74. The minimum absolute atomic E-state index is 0.176. The molecule has 0 bridgehead atoms. The Balaban J connectivity index is 4.69. The predicted molar refractivity (Wildman–Crippen MR) is 53.1 cm³/mol. The van der Waals surface area contributed by atoms with Crippen molar-refractivity contribution >= 4 is 5.97 Å². The fraction of sp³-hybridized carbons (Fsp3) is 0.900. The number of carbonyl (C=O) groups is 1. The number of carboxylic acid groups (broad SMARTS) is 1. The summed E-state index contributed by atoms with van der Waals surface area (Å²) in [6.45, 7) is 8.89. The van der Waals surface area contributed by atoms with E-state index in [-0.39, 0.29) is 12.2 Å². The summed E-state index contributed by atoms with van der Waals surface area (Å²) in [5, 5.41) is 9.07. The third-order valence-corrected chi connectivity index (χ3v) is 1.64. The van der Waals surface area contributed by atoms with Gasteiger partial charge in [-0.2, -0.15) is 0 Å². The summed E-state index contributed by atoms with van der Waals surface area (Å²) in [7, 11) is 0. The zero-order valence-electron chi connectivity index (χ0n) is 9.53. The molecule has 0 aliphatic carbocycles. The van der Waals surface area contributed by atoms with Crippen LogP contribution < -0.4 is 0 Å². The third kappa shape index (κ3) is 3.64. The Morgan fingerprint density at radius 1 is 1.21 bits per heavy atom. The summed E-state index contributed by atoms with van der Waals surface area (Å²) < 4.78 is 10.7. The summed E-state index contributed by atoms with van der Waals surface area (Å²) in [6.07, 6.45) is -0.0619. The fourth-order valence-corrected chi connectivity index (χ4v) is 1.21. The van der Waals surface area contributed by atoms with E-state index < -0.39 is 11.8 Å². The first-order valence-electron chi connectivity index (χ1n) is 4.93. The Morgan fingerprint density at radius 2 is 1.57 bits per heavy atom. The van der Waals surface area contributed by atoms with Gasteiger partial charge in [-0.05, 0) is 27.7 Å². The average Bonchev–Trinajstić information content (AvgIpc) is 2.00. The van der Waals surface area contributed by atoms with Crippen molar-refractivity contribution in [1.29, 1.82) is 0 Å². The summed E-state index contributed by atoms with van der Waals surface area (Å²) >= 11 is 0. The lowest BCUT2D eigenvalue weighted by atomic mass is 10.2. The Bertz CT molecular complexity index is 177. The van der Waals surface area contributed by atoms with Crippen LogP contribution in [0, 0.1) is 0 Å². The first-order chi connectivity index (χ1) is 6.34. The number of carboxylic acids is 1. The minimum atomic E-state index is -1.50. The third-order valence-electron chi connectivity index (χ3n) is 1.64. The molecule has 1 N–H and O–H groups in total. The van der Waals surface area contributed by atoms with Crippen LogP contribution in [0.3, 0.4) is 0 Å². The molecule has 0 rings (SSSR count). The van der Waals surface area contributed by atoms with Crippen molar-refractivity contribution in [2.24, 2.45) is 0 Å². The molecule has 0 aromatic rings. The molecule has 4 nitrogen and oxygen atoms in total. The number of ether oxygens (including phenoxy) is 2. The number of rotatable bonds is 6. The van der Waals surface area contributed by atoms with Crippen molar-refractivity contribution < 1.29 is 19.4 Å². The second kappa shape index (κ2) is 5.32. The van der Waals surface area contributed by atoms with Crippen molar-refractivity contribution in [3.63, 3.8) is 0 Å². The van der Waals surface area contributed by atoms with E-state index in [9.17, 15) is 4.79 Å². The molecule has 0 aliphatic heterocycles. The largest absolute Gasteiger partial charge is 0.477 e. The Labute approximate surface area is 85.2 Å². The van der Waals surface area contributed by atoms with Crippen LogP contribution in [0.5, 0.6) is 0 Å². The van der Waals surface area contributed by atoms with Gasteiger partial charge in [0.25, 0.3) is 5.79 Å². The monoisotopic (exact) mass is 204 g/mol. The Morgan fingerprint density at radius 3 is 1.71 bits per heavy atom. The van der Waals surface area contributed by atoms with Gasteiger partial charge in [0.2, 0.25) is 0 Å². The highest BCUT2D eigenvalue weighted by Crippen LogP contribution is 2.22. The van der Waals surface area contributed by atoms with Crippen LogP contribution in [0.15, 0.2) is 0 Å². The first-order valence-corrected chi connectivity index (χ1v) is 4.93. The highest BCUT2D eigenvalue weighted by molar-refractivity contribution is 5.75. The predicted octanol–water partition coefficient (Wildman–Crippen LogP) is 2.03. The molecule has 0 saturated heterocycles. The van der Waals surface area contributed by atoms with Gasteiger partial charge in [0.05, 0.1) is 12.2 Å². The van der Waals surface area contributed by atoms with Crippen molar-refractivity contribution in [2.75, 3.05) is 0 Å². The van der Waals surface area contributed by atoms with Crippen molar-refractivity contribution in [2.45, 2.75) is 59.0 Å². The molecule has 0 atom stereocenters. The number of hydrogen-bond donors (Lipinski definition) is 1. The zero-order chi connectivity index (χ0) is 11.4. The van der Waals surface area contributed by atoms with Crippen LogP contribution in [-0.4, -0.2) is 29.1 Å². The SMILES string of the molecule is CCC(OC(C)C)(OC(C)C)C(=O)O. The highest BCUT2D eigenvalue weighted by Gasteiger charge is 2.41. The summed E-state index contributed by atoms with van der Waals surface area (Å²) in [5.74, 6) is -2.56. The topological polar surface area (TPSA) is 55.8 Å². The van der Waals surface area contributed by atoms with Gasteiger partial charge >= 0.3 is 5.97 Å². The molecule has 0 amide bonds. The molecule has 0 aromatic carbocycles. The van der Waals surface area contributed by atoms with Gasteiger partial charge in [-0.1, -0.05) is 6.92 Å². The van der Waals surface area contributed by atoms with Gasteiger partial charge in [-0.15, -0.1) is 0 Å². The van der Waals surface area contributed by atoms with Crippen LogP contribution in [0.2, 0.25) is 0 Å². The van der Waals surface area contributed by atoms with Gasteiger partial charge in [-0.3, -0.25) is 0 Å². The first kappa shape index (κ1) is 13.4. The molecule has 84 valence electrons. The Hall–Kier alpha value is -0.610. The van der Waals surface area contributed by atoms with Gasteiger partial charge < -0.3 is 14.6 Å². The summed E-state index contributed by atoms with van der Waals surface area (Å²) in [4.78, 5) is 11.1. The van der Waals surface area contributed by atoms with Crippen LogP contribution in [0.4, 0.5) is 0 Å². The highest BCUT2D eigenvalue weighted by atomic mass is 16.7. The van der Waals surface area contributed by atoms with E-state index >= 15 is 0 Å². The lowest BCUT2D eigenvalue weighted by Crippen LogP contribution is -2.47. The van der Waals surface area contributed by atoms with Gasteiger partial charge in [0, 0.05) is 6.42 Å². The van der Waals surface area contributed by atoms with Crippen molar-refractivity contribution in [1.82, 2.24) is 0 Å². The van der Waals surface area contributed by atoms with Crippen LogP contribution >= 0.6 is 0 Å². The standard InChI is InChI=1S/C10H20O4/c1-6-10(9(11)12,13-7(2)3)14-8(4)5/h7-8H,6H2,1-5H3,(H,11,12). The number of aliphatic carboxylic acids is 1. The maximum Gasteiger partial charge on any atom is 0.364 e. The normalized spacial score (nSPS) is 12.5. The van der Waals surface area contributed by atoms with Crippen molar-refractivity contribution in [3.8, 4) is 0 Å². The summed E-state index contributed by atoms with van der Waals surface area (Å²) in [5.41, 5.74) is 0. The maximum atomic E-state index is 11.1. The van der Waals surface area contributed by atoms with E-state index in [1.54, 1.807) is 34.6 Å². The van der Waals surface area contributed by atoms with E-state index in [1.807, 2.05) is 0 Å². The molecule has 0 heterocycles. The van der Waals surface area contributed by atoms with E-state index in [4.69, 9.17) is 14.6 Å². The van der Waals surface area contributed by atoms with E-state index in [1.165, 1.54) is 0 Å². The molecular formula is C10H20O4. The molecule has 0 saturated carbocycles. The van der Waals surface area contributed by atoms with Crippen LogP contribution in [0.25, 0.3) is 0 Å². The lowest BCUT2D eigenvalue weighted by Gasteiger charge is -2.32. The molecule has 4 heteroatoms. The molecule has 0 aromatic heterocycles. The number of hydrogen-bond acceptors (Lipinski definition) is 3. The maximum absolute atomic E-state index is 11.1. The summed E-state index contributed by atoms with van der Waals surface area (Å²) in [6, 6.07) is 0. The molecule has 0 radical (unpaired) electrons. The minimum Gasteiger partial charge on any atom is -0.477 e. The van der Waals surface area contributed by atoms with E-state index in [0.29, 0.717) is 6.42 Å². The zero-order valence-corrected chi connectivity index (χ0v) is 9.53. The molecule has 14 heavy (non-hydrogen) atoms. The van der Waals surface area contributed by atoms with Crippen LogP contribution in [-0.2, 0) is 14.3 Å². The smallest absolute Gasteiger partial charge is 0.364 e. The van der Waals surface area contributed by atoms with Crippen molar-refractivity contribution in [3.05, 3.63) is 0 Å².